The highest BCUT2D eigenvalue weighted by molar-refractivity contribution is 4.80. The zero-order valence-corrected chi connectivity index (χ0v) is 5.29. The Morgan fingerprint density at radius 3 is 2.25 bits per heavy atom. The quantitative estimate of drug-likeness (QED) is 0.530. The number of ether oxygens (including phenoxy) is 1. The third-order valence-corrected chi connectivity index (χ3v) is 1.42. The summed E-state index contributed by atoms with van der Waals surface area (Å²) in [6, 6.07) is 0. The minimum absolute atomic E-state index is 0.148. The van der Waals surface area contributed by atoms with Crippen LogP contribution < -0.4 is 0 Å². The number of epoxide rings is 1. The molecule has 1 N–H and O–H groups in total. The van der Waals surface area contributed by atoms with Gasteiger partial charge in [0, 0.05) is 0 Å². The third-order valence-electron chi connectivity index (χ3n) is 1.42. The van der Waals surface area contributed by atoms with E-state index in [1.165, 1.54) is 0 Å². The van der Waals surface area contributed by atoms with Crippen molar-refractivity contribution in [1.82, 2.24) is 0 Å². The fraction of sp³-hybridized carbons (Fsp3) is 1.00. The van der Waals surface area contributed by atoms with Crippen LogP contribution in [-0.2, 0) is 4.74 Å². The Hall–Kier alpha value is -0.0800. The molecule has 2 nitrogen and oxygen atoms in total. The molecule has 0 bridgehead atoms. The maximum atomic E-state index is 9.14. The summed E-state index contributed by atoms with van der Waals surface area (Å²) in [7, 11) is 0. The first-order chi connectivity index (χ1) is 3.72. The fourth-order valence-corrected chi connectivity index (χ4v) is 0.682. The topological polar surface area (TPSA) is 32.8 Å². The fourth-order valence-electron chi connectivity index (χ4n) is 0.682. The Morgan fingerprint density at radius 2 is 2.12 bits per heavy atom. The van der Waals surface area contributed by atoms with Gasteiger partial charge in [-0.05, 0) is 5.92 Å². The standard InChI is InChI=1S/C6H12O2/c1-4(2)6(7)5-3-8-5/h4-7H,3H2,1-2H3/t5-,6-/m1/s1. The van der Waals surface area contributed by atoms with Crippen LogP contribution in [0.25, 0.3) is 0 Å². The minimum Gasteiger partial charge on any atom is -0.390 e. The van der Waals surface area contributed by atoms with Gasteiger partial charge >= 0.3 is 0 Å². The molecule has 0 radical (unpaired) electrons. The van der Waals surface area contributed by atoms with Crippen molar-refractivity contribution in [1.29, 1.82) is 0 Å². The molecule has 0 aromatic heterocycles. The zero-order chi connectivity index (χ0) is 6.15. The number of hydrogen-bond donors (Lipinski definition) is 1. The molecule has 1 aliphatic heterocycles. The molecule has 0 unspecified atom stereocenters. The summed E-state index contributed by atoms with van der Waals surface area (Å²) in [6.45, 7) is 4.73. The average molecular weight is 116 g/mol. The smallest absolute Gasteiger partial charge is 0.107 e. The zero-order valence-electron chi connectivity index (χ0n) is 5.29. The first-order valence-corrected chi connectivity index (χ1v) is 3.01. The molecule has 0 aromatic carbocycles. The van der Waals surface area contributed by atoms with Gasteiger partial charge in [0.2, 0.25) is 0 Å². The number of rotatable bonds is 2. The summed E-state index contributed by atoms with van der Waals surface area (Å²) in [5.41, 5.74) is 0. The molecule has 1 aliphatic rings. The van der Waals surface area contributed by atoms with Crippen LogP contribution in [0, 0.1) is 5.92 Å². The number of aliphatic hydroxyl groups is 1. The summed E-state index contributed by atoms with van der Waals surface area (Å²) < 4.78 is 4.88. The maximum Gasteiger partial charge on any atom is 0.107 e. The molecule has 1 fully saturated rings. The van der Waals surface area contributed by atoms with Crippen LogP contribution in [0.2, 0.25) is 0 Å². The Balaban J connectivity index is 2.22. The molecule has 8 heavy (non-hydrogen) atoms. The first kappa shape index (κ1) is 6.05. The Kier molecular flexibility index (Phi) is 1.54. The van der Waals surface area contributed by atoms with Crippen molar-refractivity contribution in [3.8, 4) is 0 Å². The van der Waals surface area contributed by atoms with E-state index in [1.54, 1.807) is 0 Å². The van der Waals surface area contributed by atoms with Gasteiger partial charge in [-0.25, -0.2) is 0 Å². The van der Waals surface area contributed by atoms with Gasteiger partial charge in [0.05, 0.1) is 12.7 Å². The largest absolute Gasteiger partial charge is 0.390 e. The molecule has 2 atom stereocenters. The molecule has 1 rings (SSSR count). The van der Waals surface area contributed by atoms with Crippen molar-refractivity contribution in [3.63, 3.8) is 0 Å². The van der Waals surface area contributed by atoms with E-state index in [9.17, 15) is 0 Å². The van der Waals surface area contributed by atoms with E-state index in [2.05, 4.69) is 0 Å². The first-order valence-electron chi connectivity index (χ1n) is 3.01. The molecule has 1 saturated heterocycles. The second-order valence-corrected chi connectivity index (χ2v) is 2.61. The Morgan fingerprint density at radius 1 is 1.62 bits per heavy atom. The Bertz CT molecular complexity index is 74.6. The highest BCUT2D eigenvalue weighted by Gasteiger charge is 2.32. The second kappa shape index (κ2) is 2.03. The third kappa shape index (κ3) is 1.20. The monoisotopic (exact) mass is 116 g/mol. The molecule has 0 saturated carbocycles. The van der Waals surface area contributed by atoms with Crippen molar-refractivity contribution in [3.05, 3.63) is 0 Å². The highest BCUT2D eigenvalue weighted by Crippen LogP contribution is 2.19. The van der Waals surface area contributed by atoms with Crippen molar-refractivity contribution >= 4 is 0 Å². The predicted octanol–water partition coefficient (Wildman–Crippen LogP) is 0.402. The van der Waals surface area contributed by atoms with Gasteiger partial charge in [-0.3, -0.25) is 0 Å². The van der Waals surface area contributed by atoms with E-state index in [4.69, 9.17) is 9.84 Å². The van der Waals surface area contributed by atoms with E-state index in [0.29, 0.717) is 5.92 Å². The van der Waals surface area contributed by atoms with Crippen LogP contribution in [0.1, 0.15) is 13.8 Å². The van der Waals surface area contributed by atoms with Crippen molar-refractivity contribution < 1.29 is 9.84 Å². The molecule has 0 aliphatic carbocycles. The van der Waals surface area contributed by atoms with E-state index >= 15 is 0 Å². The molecule has 0 spiro atoms. The average Bonchev–Trinajstić information content (AvgIpc) is 2.43. The molecular weight excluding hydrogens is 104 g/mol. The van der Waals surface area contributed by atoms with Gasteiger partial charge < -0.3 is 9.84 Å². The highest BCUT2D eigenvalue weighted by atomic mass is 16.6. The van der Waals surface area contributed by atoms with Crippen LogP contribution in [0.4, 0.5) is 0 Å². The normalized spacial score (nSPS) is 30.8. The van der Waals surface area contributed by atoms with Gasteiger partial charge in [-0.15, -0.1) is 0 Å². The van der Waals surface area contributed by atoms with Gasteiger partial charge in [-0.2, -0.15) is 0 Å². The molecule has 0 aromatic rings. The van der Waals surface area contributed by atoms with Crippen molar-refractivity contribution in [2.24, 2.45) is 5.92 Å². The Labute approximate surface area is 49.5 Å². The molecule has 2 heteroatoms. The van der Waals surface area contributed by atoms with Crippen molar-refractivity contribution in [2.75, 3.05) is 6.61 Å². The number of hydrogen-bond acceptors (Lipinski definition) is 2. The van der Waals surface area contributed by atoms with E-state index in [-0.39, 0.29) is 12.2 Å². The predicted molar refractivity (Wildman–Crippen MR) is 30.6 cm³/mol. The molecule has 0 amide bonds. The van der Waals surface area contributed by atoms with Gasteiger partial charge in [0.25, 0.3) is 0 Å². The van der Waals surface area contributed by atoms with Crippen LogP contribution in [0.3, 0.4) is 0 Å². The lowest BCUT2D eigenvalue weighted by Gasteiger charge is -2.09. The molecular formula is C6H12O2. The van der Waals surface area contributed by atoms with Crippen LogP contribution in [-0.4, -0.2) is 23.9 Å². The van der Waals surface area contributed by atoms with Crippen molar-refractivity contribution in [2.45, 2.75) is 26.1 Å². The lowest BCUT2D eigenvalue weighted by atomic mass is 10.1. The van der Waals surface area contributed by atoms with E-state index in [1.807, 2.05) is 13.8 Å². The van der Waals surface area contributed by atoms with E-state index in [0.717, 1.165) is 6.61 Å². The maximum absolute atomic E-state index is 9.14. The number of aliphatic hydroxyl groups excluding tert-OH is 1. The SMILES string of the molecule is CC(C)[C@@H](O)[C@H]1CO1. The van der Waals surface area contributed by atoms with Gasteiger partial charge in [-0.1, -0.05) is 13.8 Å². The second-order valence-electron chi connectivity index (χ2n) is 2.61. The molecule has 1 heterocycles. The lowest BCUT2D eigenvalue weighted by molar-refractivity contribution is 0.0922. The molecule has 48 valence electrons. The van der Waals surface area contributed by atoms with Crippen LogP contribution in [0.5, 0.6) is 0 Å². The summed E-state index contributed by atoms with van der Waals surface area (Å²) in [6.07, 6.45) is -0.0926. The summed E-state index contributed by atoms with van der Waals surface area (Å²) >= 11 is 0. The minimum atomic E-state index is -0.241. The van der Waals surface area contributed by atoms with Crippen LogP contribution >= 0.6 is 0 Å². The summed E-state index contributed by atoms with van der Waals surface area (Å²) in [5.74, 6) is 0.336. The lowest BCUT2D eigenvalue weighted by Crippen LogP contribution is -2.21. The van der Waals surface area contributed by atoms with Gasteiger partial charge in [0.1, 0.15) is 6.10 Å². The van der Waals surface area contributed by atoms with Crippen LogP contribution in [0.15, 0.2) is 0 Å². The summed E-state index contributed by atoms with van der Waals surface area (Å²) in [5, 5.41) is 9.14. The van der Waals surface area contributed by atoms with Gasteiger partial charge in [0.15, 0.2) is 0 Å². The summed E-state index contributed by atoms with van der Waals surface area (Å²) in [4.78, 5) is 0. The van der Waals surface area contributed by atoms with E-state index < -0.39 is 0 Å².